The van der Waals surface area contributed by atoms with Crippen LogP contribution in [-0.4, -0.2) is 22.3 Å². The number of aromatic amines is 1. The zero-order valence-electron chi connectivity index (χ0n) is 16.6. The van der Waals surface area contributed by atoms with Crippen LogP contribution in [0.2, 0.25) is 0 Å². The minimum Gasteiger partial charge on any atom is -0.354 e. The lowest BCUT2D eigenvalue weighted by molar-refractivity contribution is 0.0748. The van der Waals surface area contributed by atoms with E-state index < -0.39 is 0 Å². The molecule has 1 aliphatic rings. The number of carbonyl (C=O) groups excluding carboxylic acids is 1. The molecule has 0 fully saturated rings. The van der Waals surface area contributed by atoms with Crippen LogP contribution >= 0.6 is 0 Å². The van der Waals surface area contributed by atoms with Crippen molar-refractivity contribution in [1.82, 2.24) is 9.88 Å². The minimum atomic E-state index is -0.0726. The summed E-state index contributed by atoms with van der Waals surface area (Å²) in [6.45, 7) is 2.94. The molecule has 0 spiro atoms. The lowest BCUT2D eigenvalue weighted by Crippen LogP contribution is -2.30. The second-order valence-electron chi connectivity index (χ2n) is 7.67. The van der Waals surface area contributed by atoms with Gasteiger partial charge in [0.1, 0.15) is 0 Å². The van der Waals surface area contributed by atoms with Crippen LogP contribution in [0.25, 0.3) is 22.2 Å². The van der Waals surface area contributed by atoms with Gasteiger partial charge in [0.2, 0.25) is 0 Å². The topological polar surface area (TPSA) is 36.1 Å². The van der Waals surface area contributed by atoms with Gasteiger partial charge in [-0.15, -0.1) is 0 Å². The quantitative estimate of drug-likeness (QED) is 0.441. The minimum absolute atomic E-state index is 0.0726. The summed E-state index contributed by atoms with van der Waals surface area (Å²) in [4.78, 5) is 19.0. The number of H-pyrrole nitrogens is 1. The van der Waals surface area contributed by atoms with Crippen molar-refractivity contribution in [3.63, 3.8) is 0 Å². The smallest absolute Gasteiger partial charge is 0.255 e. The molecule has 5 rings (SSSR count). The maximum atomic E-state index is 13.3. The van der Waals surface area contributed by atoms with Crippen LogP contribution in [0, 0.1) is 0 Å². The van der Waals surface area contributed by atoms with Crippen LogP contribution in [0.1, 0.15) is 47.3 Å². The first-order chi connectivity index (χ1) is 14.3. The Bertz CT molecular complexity index is 1180. The molecule has 1 N–H and O–H groups in total. The normalized spacial score (nSPS) is 15.8. The summed E-state index contributed by atoms with van der Waals surface area (Å²) in [5, 5.41) is 1.18. The van der Waals surface area contributed by atoms with E-state index >= 15 is 0 Å². The summed E-state index contributed by atoms with van der Waals surface area (Å²) in [7, 11) is 0. The number of aromatic nitrogens is 1. The van der Waals surface area contributed by atoms with E-state index in [0.717, 1.165) is 47.3 Å². The number of amides is 1. The molecule has 4 aromatic rings. The van der Waals surface area contributed by atoms with Gasteiger partial charge < -0.3 is 9.88 Å². The largest absolute Gasteiger partial charge is 0.354 e. The Morgan fingerprint density at radius 2 is 1.62 bits per heavy atom. The molecule has 3 heteroatoms. The monoisotopic (exact) mass is 380 g/mol. The van der Waals surface area contributed by atoms with Gasteiger partial charge in [-0.2, -0.15) is 0 Å². The summed E-state index contributed by atoms with van der Waals surface area (Å²) < 4.78 is 0. The van der Waals surface area contributed by atoms with E-state index in [4.69, 9.17) is 0 Å². The number of nitrogens with zero attached hydrogens (tertiary/aromatic N) is 1. The fourth-order valence-electron chi connectivity index (χ4n) is 4.52. The standard InChI is InChI=1S/C26H24N2O/c1-2-3-17-28-25(19-13-7-8-14-20(19)26(28)29)23-21-15-9-10-16-22(21)27-24(23)18-11-5-4-6-12-18/h4-16,25,27H,2-3,17H2,1H3/t25-/m1/s1. The lowest BCUT2D eigenvalue weighted by Gasteiger charge is -2.26. The maximum absolute atomic E-state index is 13.3. The molecule has 29 heavy (non-hydrogen) atoms. The van der Waals surface area contributed by atoms with Gasteiger partial charge >= 0.3 is 0 Å². The second kappa shape index (κ2) is 7.25. The SMILES string of the molecule is CCCCN1C(=O)c2ccccc2[C@@H]1c1c(-c2ccccc2)[nH]c2ccccc12. The molecule has 3 aromatic carbocycles. The Labute approximate surface area is 171 Å². The van der Waals surface area contributed by atoms with Crippen LogP contribution in [0.15, 0.2) is 78.9 Å². The third kappa shape index (κ3) is 2.85. The Hall–Kier alpha value is -3.33. The van der Waals surface area contributed by atoms with E-state index in [1.165, 1.54) is 10.9 Å². The first-order valence-corrected chi connectivity index (χ1v) is 10.4. The highest BCUT2D eigenvalue weighted by molar-refractivity contribution is 6.02. The molecular weight excluding hydrogens is 356 g/mol. The van der Waals surface area contributed by atoms with E-state index in [9.17, 15) is 4.79 Å². The molecule has 1 amide bonds. The molecule has 0 saturated carbocycles. The van der Waals surface area contributed by atoms with E-state index in [1.54, 1.807) is 0 Å². The van der Waals surface area contributed by atoms with Crippen molar-refractivity contribution in [2.45, 2.75) is 25.8 Å². The number of unbranched alkanes of at least 4 members (excludes halogenated alkanes) is 1. The van der Waals surface area contributed by atoms with E-state index in [1.807, 2.05) is 24.3 Å². The summed E-state index contributed by atoms with van der Waals surface area (Å²) in [5.74, 6) is 0.142. The fourth-order valence-corrected chi connectivity index (χ4v) is 4.52. The van der Waals surface area contributed by atoms with Crippen molar-refractivity contribution < 1.29 is 4.79 Å². The lowest BCUT2D eigenvalue weighted by atomic mass is 9.93. The number of para-hydroxylation sites is 1. The summed E-state index contributed by atoms with van der Waals surface area (Å²) >= 11 is 0. The second-order valence-corrected chi connectivity index (χ2v) is 7.67. The van der Waals surface area contributed by atoms with Crippen LogP contribution in [0.3, 0.4) is 0 Å². The molecule has 144 valence electrons. The van der Waals surface area contributed by atoms with E-state index in [-0.39, 0.29) is 11.9 Å². The first-order valence-electron chi connectivity index (χ1n) is 10.4. The van der Waals surface area contributed by atoms with Gasteiger partial charge in [0.05, 0.1) is 11.7 Å². The number of carbonyl (C=O) groups is 1. The Balaban J connectivity index is 1.78. The predicted octanol–water partition coefficient (Wildman–Crippen LogP) is 6.18. The molecule has 0 radical (unpaired) electrons. The highest BCUT2D eigenvalue weighted by atomic mass is 16.2. The van der Waals surface area contributed by atoms with Crippen LogP contribution in [-0.2, 0) is 0 Å². The number of fused-ring (bicyclic) bond motifs is 2. The highest BCUT2D eigenvalue weighted by Crippen LogP contribution is 2.45. The van der Waals surface area contributed by atoms with E-state index in [0.29, 0.717) is 0 Å². The van der Waals surface area contributed by atoms with Gasteiger partial charge in [-0.1, -0.05) is 80.1 Å². The van der Waals surface area contributed by atoms with Gasteiger partial charge in [-0.3, -0.25) is 4.79 Å². The van der Waals surface area contributed by atoms with Crippen LogP contribution in [0.5, 0.6) is 0 Å². The Morgan fingerprint density at radius 3 is 2.45 bits per heavy atom. The molecule has 1 aliphatic heterocycles. The molecule has 2 heterocycles. The first kappa shape index (κ1) is 17.7. The molecule has 1 atom stereocenters. The number of benzene rings is 3. The average Bonchev–Trinajstić information content (AvgIpc) is 3.28. The number of nitrogens with one attached hydrogen (secondary N) is 1. The van der Waals surface area contributed by atoms with Gasteiger partial charge in [0.15, 0.2) is 0 Å². The molecule has 0 saturated heterocycles. The molecule has 3 nitrogen and oxygen atoms in total. The number of rotatable bonds is 5. The van der Waals surface area contributed by atoms with Gasteiger partial charge in [0, 0.05) is 28.6 Å². The average molecular weight is 380 g/mol. The van der Waals surface area contributed by atoms with E-state index in [2.05, 4.69) is 71.4 Å². The Morgan fingerprint density at radius 1 is 0.897 bits per heavy atom. The molecule has 1 aromatic heterocycles. The molecular formula is C26H24N2O. The van der Waals surface area contributed by atoms with Crippen LogP contribution in [0.4, 0.5) is 0 Å². The van der Waals surface area contributed by atoms with Crippen molar-refractivity contribution in [3.8, 4) is 11.3 Å². The third-order valence-electron chi connectivity index (χ3n) is 5.89. The Kier molecular flexibility index (Phi) is 4.44. The van der Waals surface area contributed by atoms with Gasteiger partial charge in [-0.25, -0.2) is 0 Å². The molecule has 0 bridgehead atoms. The van der Waals surface area contributed by atoms with Crippen LogP contribution < -0.4 is 0 Å². The third-order valence-corrected chi connectivity index (χ3v) is 5.89. The van der Waals surface area contributed by atoms with Gasteiger partial charge in [-0.05, 0) is 29.7 Å². The zero-order chi connectivity index (χ0) is 19.8. The van der Waals surface area contributed by atoms with Crippen molar-refractivity contribution in [2.24, 2.45) is 0 Å². The van der Waals surface area contributed by atoms with Crippen molar-refractivity contribution in [1.29, 1.82) is 0 Å². The van der Waals surface area contributed by atoms with Crippen molar-refractivity contribution in [2.75, 3.05) is 6.54 Å². The highest BCUT2D eigenvalue weighted by Gasteiger charge is 2.39. The molecule has 0 unspecified atom stereocenters. The molecule has 0 aliphatic carbocycles. The zero-order valence-corrected chi connectivity index (χ0v) is 16.6. The van der Waals surface area contributed by atoms with Crippen molar-refractivity contribution in [3.05, 3.63) is 95.6 Å². The van der Waals surface area contributed by atoms with Gasteiger partial charge in [0.25, 0.3) is 5.91 Å². The number of hydrogen-bond acceptors (Lipinski definition) is 1. The summed E-state index contributed by atoms with van der Waals surface area (Å²) in [6, 6.07) is 26.8. The summed E-state index contributed by atoms with van der Waals surface area (Å²) in [5.41, 5.74) is 6.48. The number of hydrogen-bond donors (Lipinski definition) is 1. The van der Waals surface area contributed by atoms with Crippen molar-refractivity contribution >= 4 is 16.8 Å². The fraction of sp³-hybridized carbons (Fsp3) is 0.192. The predicted molar refractivity (Wildman–Crippen MR) is 118 cm³/mol. The maximum Gasteiger partial charge on any atom is 0.255 e. The summed E-state index contributed by atoms with van der Waals surface area (Å²) in [6.07, 6.45) is 2.06.